The third-order valence-electron chi connectivity index (χ3n) is 3.94. The monoisotopic (exact) mass is 361 g/mol. The Bertz CT molecular complexity index is 642. The molecule has 116 valence electrons. The maximum Gasteiger partial charge on any atom is 0.119 e. The lowest BCUT2D eigenvalue weighted by atomic mass is 10.0. The summed E-state index contributed by atoms with van der Waals surface area (Å²) >= 11 is 3.57. The predicted octanol–water partition coefficient (Wildman–Crippen LogP) is 4.56. The quantitative estimate of drug-likeness (QED) is 0.782. The standard InChI is InChI=1S/C18H20BrNO2/c1-13-11-14-12-15(19)3-8-18(14)20(9-10-22-13)16-4-6-17(21-2)7-5-16/h3-8,12-13H,9-11H2,1-2H3. The second-order valence-corrected chi connectivity index (χ2v) is 6.42. The summed E-state index contributed by atoms with van der Waals surface area (Å²) in [6.07, 6.45) is 1.16. The second kappa shape index (κ2) is 6.71. The molecule has 3 nitrogen and oxygen atoms in total. The van der Waals surface area contributed by atoms with Crippen LogP contribution >= 0.6 is 15.9 Å². The summed E-state index contributed by atoms with van der Waals surface area (Å²) in [6.45, 7) is 3.70. The van der Waals surface area contributed by atoms with Crippen LogP contribution in [-0.2, 0) is 11.2 Å². The van der Waals surface area contributed by atoms with E-state index in [2.05, 4.69) is 58.1 Å². The van der Waals surface area contributed by atoms with E-state index in [1.165, 1.54) is 11.3 Å². The van der Waals surface area contributed by atoms with Gasteiger partial charge in [0.15, 0.2) is 0 Å². The van der Waals surface area contributed by atoms with Crippen LogP contribution in [0.4, 0.5) is 11.4 Å². The lowest BCUT2D eigenvalue weighted by Crippen LogP contribution is -2.29. The highest BCUT2D eigenvalue weighted by molar-refractivity contribution is 9.10. The normalized spacial score (nSPS) is 18.3. The Morgan fingerprint density at radius 2 is 1.95 bits per heavy atom. The van der Waals surface area contributed by atoms with Gasteiger partial charge in [0.1, 0.15) is 5.75 Å². The predicted molar refractivity (Wildman–Crippen MR) is 93.3 cm³/mol. The second-order valence-electron chi connectivity index (χ2n) is 5.51. The van der Waals surface area contributed by atoms with Crippen molar-refractivity contribution in [2.75, 3.05) is 25.2 Å². The number of nitrogens with zero attached hydrogens (tertiary/aromatic N) is 1. The fourth-order valence-corrected chi connectivity index (χ4v) is 3.25. The van der Waals surface area contributed by atoms with Crippen LogP contribution in [-0.4, -0.2) is 26.4 Å². The van der Waals surface area contributed by atoms with Crippen LogP contribution in [0.2, 0.25) is 0 Å². The average Bonchev–Trinajstić information content (AvgIpc) is 2.51. The molecule has 0 amide bonds. The van der Waals surface area contributed by atoms with Gasteiger partial charge in [-0.1, -0.05) is 15.9 Å². The summed E-state index contributed by atoms with van der Waals surface area (Å²) in [5.41, 5.74) is 3.71. The molecule has 0 saturated carbocycles. The third-order valence-corrected chi connectivity index (χ3v) is 4.43. The molecule has 1 heterocycles. The van der Waals surface area contributed by atoms with Crippen molar-refractivity contribution < 1.29 is 9.47 Å². The van der Waals surface area contributed by atoms with E-state index in [1.807, 2.05) is 12.1 Å². The van der Waals surface area contributed by atoms with Crippen LogP contribution in [0.15, 0.2) is 46.9 Å². The van der Waals surface area contributed by atoms with E-state index in [0.29, 0.717) is 0 Å². The van der Waals surface area contributed by atoms with Crippen LogP contribution in [0.25, 0.3) is 0 Å². The number of hydrogen-bond donors (Lipinski definition) is 0. The molecule has 0 bridgehead atoms. The number of rotatable bonds is 2. The Kier molecular flexibility index (Phi) is 4.69. The van der Waals surface area contributed by atoms with Gasteiger partial charge in [0.05, 0.1) is 19.8 Å². The zero-order valence-corrected chi connectivity index (χ0v) is 14.5. The Hall–Kier alpha value is -1.52. The molecular formula is C18H20BrNO2. The maximum atomic E-state index is 5.89. The first-order chi connectivity index (χ1) is 10.7. The minimum absolute atomic E-state index is 0.242. The van der Waals surface area contributed by atoms with Gasteiger partial charge in [-0.05, 0) is 55.0 Å². The number of ether oxygens (including phenoxy) is 2. The van der Waals surface area contributed by atoms with Gasteiger partial charge in [-0.2, -0.15) is 0 Å². The zero-order chi connectivity index (χ0) is 15.5. The molecule has 2 aromatic carbocycles. The molecule has 4 heteroatoms. The zero-order valence-electron chi connectivity index (χ0n) is 12.9. The summed E-state index contributed by atoms with van der Waals surface area (Å²) in [5.74, 6) is 0.872. The van der Waals surface area contributed by atoms with Crippen molar-refractivity contribution in [1.82, 2.24) is 0 Å². The summed E-state index contributed by atoms with van der Waals surface area (Å²) in [4.78, 5) is 2.31. The van der Waals surface area contributed by atoms with Crippen LogP contribution in [0, 0.1) is 0 Å². The fourth-order valence-electron chi connectivity index (χ4n) is 2.85. The first-order valence-electron chi connectivity index (χ1n) is 7.49. The SMILES string of the molecule is COc1ccc(N2CCOC(C)Cc3cc(Br)ccc32)cc1. The molecule has 0 aromatic heterocycles. The third kappa shape index (κ3) is 3.28. The summed E-state index contributed by atoms with van der Waals surface area (Å²) in [6, 6.07) is 14.7. The number of fused-ring (bicyclic) bond motifs is 1. The highest BCUT2D eigenvalue weighted by Crippen LogP contribution is 2.33. The minimum Gasteiger partial charge on any atom is -0.497 e. The van der Waals surface area contributed by atoms with E-state index in [-0.39, 0.29) is 6.10 Å². The molecule has 0 aliphatic carbocycles. The van der Waals surface area contributed by atoms with E-state index in [0.717, 1.165) is 35.5 Å². The van der Waals surface area contributed by atoms with Gasteiger partial charge in [0.25, 0.3) is 0 Å². The van der Waals surface area contributed by atoms with Crippen molar-refractivity contribution in [3.63, 3.8) is 0 Å². The Morgan fingerprint density at radius 1 is 1.18 bits per heavy atom. The van der Waals surface area contributed by atoms with Crippen LogP contribution in [0.3, 0.4) is 0 Å². The molecule has 1 aliphatic rings. The average molecular weight is 362 g/mol. The minimum atomic E-state index is 0.242. The number of benzene rings is 2. The lowest BCUT2D eigenvalue weighted by molar-refractivity contribution is 0.0703. The van der Waals surface area contributed by atoms with E-state index in [1.54, 1.807) is 7.11 Å². The van der Waals surface area contributed by atoms with Gasteiger partial charge in [-0.25, -0.2) is 0 Å². The van der Waals surface area contributed by atoms with Crippen molar-refractivity contribution in [3.05, 3.63) is 52.5 Å². The molecule has 3 rings (SSSR count). The van der Waals surface area contributed by atoms with E-state index < -0.39 is 0 Å². The van der Waals surface area contributed by atoms with Crippen molar-refractivity contribution >= 4 is 27.3 Å². The van der Waals surface area contributed by atoms with E-state index >= 15 is 0 Å². The Balaban J connectivity index is 2.01. The first-order valence-corrected chi connectivity index (χ1v) is 8.28. The molecule has 1 aliphatic heterocycles. The van der Waals surface area contributed by atoms with E-state index in [4.69, 9.17) is 9.47 Å². The fraction of sp³-hybridized carbons (Fsp3) is 0.333. The number of halogens is 1. The molecular weight excluding hydrogens is 342 g/mol. The Labute approximate surface area is 140 Å². The van der Waals surface area contributed by atoms with Gasteiger partial charge in [-0.3, -0.25) is 0 Å². The molecule has 0 saturated heterocycles. The summed E-state index contributed by atoms with van der Waals surface area (Å²) < 4.78 is 12.3. The van der Waals surface area contributed by atoms with Gasteiger partial charge < -0.3 is 14.4 Å². The summed E-state index contributed by atoms with van der Waals surface area (Å²) in [7, 11) is 1.69. The maximum absolute atomic E-state index is 5.89. The molecule has 0 N–H and O–H groups in total. The van der Waals surface area contributed by atoms with E-state index in [9.17, 15) is 0 Å². The summed E-state index contributed by atoms with van der Waals surface area (Å²) in [5, 5.41) is 0. The van der Waals surface area contributed by atoms with Crippen LogP contribution in [0.5, 0.6) is 5.75 Å². The van der Waals surface area contributed by atoms with Crippen molar-refractivity contribution in [1.29, 1.82) is 0 Å². The smallest absolute Gasteiger partial charge is 0.119 e. The molecule has 0 spiro atoms. The number of hydrogen-bond acceptors (Lipinski definition) is 3. The van der Waals surface area contributed by atoms with Gasteiger partial charge in [-0.15, -0.1) is 0 Å². The molecule has 2 aromatic rings. The lowest BCUT2D eigenvalue weighted by Gasteiger charge is -2.31. The van der Waals surface area contributed by atoms with Crippen LogP contribution in [0.1, 0.15) is 12.5 Å². The molecule has 0 radical (unpaired) electrons. The van der Waals surface area contributed by atoms with Crippen molar-refractivity contribution in [3.8, 4) is 5.75 Å². The van der Waals surface area contributed by atoms with Gasteiger partial charge in [0, 0.05) is 28.8 Å². The highest BCUT2D eigenvalue weighted by atomic mass is 79.9. The molecule has 1 atom stereocenters. The van der Waals surface area contributed by atoms with Gasteiger partial charge in [0.2, 0.25) is 0 Å². The number of methoxy groups -OCH3 is 1. The Morgan fingerprint density at radius 3 is 2.68 bits per heavy atom. The topological polar surface area (TPSA) is 21.7 Å². The highest BCUT2D eigenvalue weighted by Gasteiger charge is 2.19. The molecule has 22 heavy (non-hydrogen) atoms. The largest absolute Gasteiger partial charge is 0.497 e. The molecule has 0 fully saturated rings. The van der Waals surface area contributed by atoms with Gasteiger partial charge >= 0.3 is 0 Å². The van der Waals surface area contributed by atoms with Crippen LogP contribution < -0.4 is 9.64 Å². The molecule has 1 unspecified atom stereocenters. The van der Waals surface area contributed by atoms with Crippen molar-refractivity contribution in [2.24, 2.45) is 0 Å². The first kappa shape index (κ1) is 15.4. The number of anilines is 2. The van der Waals surface area contributed by atoms with Crippen molar-refractivity contribution in [2.45, 2.75) is 19.4 Å².